The standard InChI is InChI=1S/C21H26ClN7O5/c1-21(2,31)34-13-8-14(33-16(13)19(30)23-3)29-10-26-15-17(27-20(22)28-18(15)29)25-9-11-7-12(32-4)5-6-24-11/h5-7,10,13-14,16,31H,8-9H2,1-4H3,(H,23,30)(H,25,27,28)/t13-,14+,16-/m0/s1. The Labute approximate surface area is 200 Å². The van der Waals surface area contributed by atoms with Gasteiger partial charge in [-0.3, -0.25) is 14.3 Å². The molecule has 4 rings (SSSR count). The number of nitrogens with one attached hydrogen (secondary N) is 2. The fourth-order valence-corrected chi connectivity index (χ4v) is 3.91. The van der Waals surface area contributed by atoms with E-state index in [2.05, 4.69) is 30.6 Å². The predicted molar refractivity (Wildman–Crippen MR) is 122 cm³/mol. The summed E-state index contributed by atoms with van der Waals surface area (Å²) in [6, 6.07) is 3.56. The molecule has 1 aliphatic heterocycles. The molecular weight excluding hydrogens is 466 g/mol. The van der Waals surface area contributed by atoms with Gasteiger partial charge in [0.05, 0.1) is 25.7 Å². The third-order valence-corrected chi connectivity index (χ3v) is 5.35. The summed E-state index contributed by atoms with van der Waals surface area (Å²) in [5.41, 5.74) is 1.63. The molecule has 0 saturated carbocycles. The molecule has 12 nitrogen and oxygen atoms in total. The number of pyridine rings is 1. The molecule has 1 saturated heterocycles. The number of imidazole rings is 1. The van der Waals surface area contributed by atoms with Gasteiger partial charge in [0.25, 0.3) is 5.91 Å². The Kier molecular flexibility index (Phi) is 6.84. The molecule has 0 aromatic carbocycles. The molecule has 3 aromatic rings. The van der Waals surface area contributed by atoms with E-state index in [4.69, 9.17) is 25.8 Å². The number of carbonyl (C=O) groups excluding carboxylic acids is 1. The molecule has 3 aromatic heterocycles. The van der Waals surface area contributed by atoms with Crippen LogP contribution in [0.3, 0.4) is 0 Å². The third-order valence-electron chi connectivity index (χ3n) is 5.18. The molecule has 0 unspecified atom stereocenters. The second-order valence-corrected chi connectivity index (χ2v) is 8.51. The lowest BCUT2D eigenvalue weighted by molar-refractivity contribution is -0.213. The lowest BCUT2D eigenvalue weighted by atomic mass is 10.1. The molecule has 13 heteroatoms. The van der Waals surface area contributed by atoms with E-state index < -0.39 is 24.2 Å². The van der Waals surface area contributed by atoms with Crippen LogP contribution >= 0.6 is 11.6 Å². The SMILES string of the molecule is CNC(=O)[C@H]1O[C@@H](n2cnc3c(NCc4cc(OC)ccn4)nc(Cl)nc32)C[C@@H]1OC(C)(C)O. The number of hydrogen-bond acceptors (Lipinski definition) is 10. The Bertz CT molecular complexity index is 1180. The van der Waals surface area contributed by atoms with Gasteiger partial charge in [-0.1, -0.05) is 0 Å². The molecule has 1 amide bonds. The zero-order valence-corrected chi connectivity index (χ0v) is 19.9. The summed E-state index contributed by atoms with van der Waals surface area (Å²) in [5.74, 6) is -0.692. The van der Waals surface area contributed by atoms with Gasteiger partial charge in [0.15, 0.2) is 28.9 Å². The molecule has 3 atom stereocenters. The first-order valence-corrected chi connectivity index (χ1v) is 11.0. The van der Waals surface area contributed by atoms with Crippen LogP contribution in [0.15, 0.2) is 24.7 Å². The van der Waals surface area contributed by atoms with Crippen molar-refractivity contribution in [1.29, 1.82) is 0 Å². The number of carbonyl (C=O) groups is 1. The smallest absolute Gasteiger partial charge is 0.251 e. The number of anilines is 1. The monoisotopic (exact) mass is 491 g/mol. The van der Waals surface area contributed by atoms with Gasteiger partial charge in [0.1, 0.15) is 18.1 Å². The van der Waals surface area contributed by atoms with Gasteiger partial charge >= 0.3 is 0 Å². The molecule has 3 N–H and O–H groups in total. The van der Waals surface area contributed by atoms with Gasteiger partial charge < -0.3 is 30.0 Å². The predicted octanol–water partition coefficient (Wildman–Crippen LogP) is 1.64. The minimum atomic E-state index is -1.44. The molecule has 0 bridgehead atoms. The Balaban J connectivity index is 1.60. The number of amides is 1. The molecule has 0 aliphatic carbocycles. The van der Waals surface area contributed by atoms with E-state index in [0.717, 1.165) is 5.69 Å². The Morgan fingerprint density at radius 1 is 1.38 bits per heavy atom. The van der Waals surface area contributed by atoms with Gasteiger partial charge in [-0.15, -0.1) is 0 Å². The number of aliphatic hydroxyl groups is 1. The van der Waals surface area contributed by atoms with Gasteiger partial charge in [-0.2, -0.15) is 9.97 Å². The minimum absolute atomic E-state index is 0.0143. The molecule has 0 spiro atoms. The van der Waals surface area contributed by atoms with Gasteiger partial charge in [0, 0.05) is 25.7 Å². The van der Waals surface area contributed by atoms with Crippen molar-refractivity contribution in [2.24, 2.45) is 0 Å². The maximum absolute atomic E-state index is 12.4. The first-order chi connectivity index (χ1) is 16.2. The molecule has 1 aliphatic rings. The minimum Gasteiger partial charge on any atom is -0.497 e. The van der Waals surface area contributed by atoms with Crippen molar-refractivity contribution in [3.05, 3.63) is 35.6 Å². The average molecular weight is 492 g/mol. The van der Waals surface area contributed by atoms with Crippen molar-refractivity contribution >= 4 is 34.5 Å². The zero-order chi connectivity index (χ0) is 24.5. The molecular formula is C21H26ClN7O5. The van der Waals surface area contributed by atoms with E-state index in [1.165, 1.54) is 20.9 Å². The number of rotatable bonds is 8. The van der Waals surface area contributed by atoms with Crippen LogP contribution < -0.4 is 15.4 Å². The summed E-state index contributed by atoms with van der Waals surface area (Å²) in [6.45, 7) is 3.35. The number of ether oxygens (including phenoxy) is 3. The van der Waals surface area contributed by atoms with Crippen LogP contribution in [0.5, 0.6) is 5.75 Å². The topological polar surface area (TPSA) is 146 Å². The quantitative estimate of drug-likeness (QED) is 0.314. The van der Waals surface area contributed by atoms with E-state index in [9.17, 15) is 9.90 Å². The molecule has 1 fully saturated rings. The summed E-state index contributed by atoms with van der Waals surface area (Å²) >= 11 is 6.20. The second kappa shape index (κ2) is 9.66. The number of likely N-dealkylation sites (N-methyl/N-ethyl adjacent to an activating group) is 1. The van der Waals surface area contributed by atoms with Crippen molar-refractivity contribution in [2.45, 2.75) is 51.0 Å². The van der Waals surface area contributed by atoms with Crippen LogP contribution in [0.25, 0.3) is 11.2 Å². The lowest BCUT2D eigenvalue weighted by Gasteiger charge is -2.25. The third kappa shape index (κ3) is 5.20. The van der Waals surface area contributed by atoms with Crippen molar-refractivity contribution in [3.8, 4) is 5.75 Å². The molecule has 0 radical (unpaired) electrons. The zero-order valence-electron chi connectivity index (χ0n) is 19.1. The Hall–Kier alpha value is -3.06. The lowest BCUT2D eigenvalue weighted by Crippen LogP contribution is -2.43. The van der Waals surface area contributed by atoms with E-state index in [0.29, 0.717) is 29.3 Å². The van der Waals surface area contributed by atoms with E-state index in [1.54, 1.807) is 36.3 Å². The van der Waals surface area contributed by atoms with E-state index in [-0.39, 0.29) is 17.6 Å². The second-order valence-electron chi connectivity index (χ2n) is 8.17. The maximum atomic E-state index is 12.4. The number of halogens is 1. The number of hydrogen-bond donors (Lipinski definition) is 3. The highest BCUT2D eigenvalue weighted by Gasteiger charge is 2.44. The summed E-state index contributed by atoms with van der Waals surface area (Å²) in [5, 5.41) is 15.9. The number of nitrogens with zero attached hydrogens (tertiary/aromatic N) is 5. The van der Waals surface area contributed by atoms with Crippen LogP contribution in [0.4, 0.5) is 5.82 Å². The average Bonchev–Trinajstić information content (AvgIpc) is 3.39. The van der Waals surface area contributed by atoms with Gasteiger partial charge in [-0.25, -0.2) is 4.98 Å². The maximum Gasteiger partial charge on any atom is 0.251 e. The van der Waals surface area contributed by atoms with Crippen LogP contribution in [0, 0.1) is 0 Å². The van der Waals surface area contributed by atoms with Crippen molar-refractivity contribution in [3.63, 3.8) is 0 Å². The molecule has 34 heavy (non-hydrogen) atoms. The summed E-state index contributed by atoms with van der Waals surface area (Å²) in [4.78, 5) is 29.7. The summed E-state index contributed by atoms with van der Waals surface area (Å²) < 4.78 is 18.6. The Morgan fingerprint density at radius 2 is 2.18 bits per heavy atom. The fraction of sp³-hybridized carbons (Fsp3) is 0.476. The highest BCUT2D eigenvalue weighted by molar-refractivity contribution is 6.28. The largest absolute Gasteiger partial charge is 0.497 e. The number of aromatic nitrogens is 5. The van der Waals surface area contributed by atoms with E-state index >= 15 is 0 Å². The summed E-state index contributed by atoms with van der Waals surface area (Å²) in [6.07, 6.45) is 1.25. The first kappa shape index (κ1) is 24.1. The van der Waals surface area contributed by atoms with Crippen molar-refractivity contribution < 1.29 is 24.1 Å². The van der Waals surface area contributed by atoms with Crippen LogP contribution in [-0.4, -0.2) is 67.7 Å². The normalized spacial score (nSPS) is 20.5. The van der Waals surface area contributed by atoms with Crippen molar-refractivity contribution in [2.75, 3.05) is 19.5 Å². The van der Waals surface area contributed by atoms with Crippen LogP contribution in [0.1, 0.15) is 32.2 Å². The fourth-order valence-electron chi connectivity index (χ4n) is 3.75. The highest BCUT2D eigenvalue weighted by atomic mass is 35.5. The molecule has 4 heterocycles. The van der Waals surface area contributed by atoms with Gasteiger partial charge in [0.2, 0.25) is 5.28 Å². The number of fused-ring (bicyclic) bond motifs is 1. The van der Waals surface area contributed by atoms with Gasteiger partial charge in [-0.05, 0) is 31.5 Å². The van der Waals surface area contributed by atoms with Crippen LogP contribution in [-0.2, 0) is 20.8 Å². The number of methoxy groups -OCH3 is 1. The van der Waals surface area contributed by atoms with E-state index in [1.807, 2.05) is 0 Å². The highest BCUT2D eigenvalue weighted by Crippen LogP contribution is 2.35. The summed E-state index contributed by atoms with van der Waals surface area (Å²) in [7, 11) is 3.10. The Morgan fingerprint density at radius 3 is 2.88 bits per heavy atom. The van der Waals surface area contributed by atoms with Crippen LogP contribution in [0.2, 0.25) is 5.28 Å². The van der Waals surface area contributed by atoms with Crippen molar-refractivity contribution in [1.82, 2.24) is 29.8 Å². The first-order valence-electron chi connectivity index (χ1n) is 10.6. The molecule has 182 valence electrons.